The summed E-state index contributed by atoms with van der Waals surface area (Å²) in [4.78, 5) is 23.9. The standard InChI is InChI=1S/C19H13F3O5/c1-2-26-17(24)9-16-18(25)13-7-12(14(23)8-15(13)27-16)10-3-5-11(6-4-10)19(20,21)22/h3-9,23H,2H2,1H3/b16-9-. The third kappa shape index (κ3) is 3.64. The quantitative estimate of drug-likeness (QED) is 0.643. The van der Waals surface area contributed by atoms with E-state index < -0.39 is 23.5 Å². The molecule has 2 aromatic carbocycles. The van der Waals surface area contributed by atoms with Crippen LogP contribution in [0.1, 0.15) is 22.8 Å². The van der Waals surface area contributed by atoms with Gasteiger partial charge in [0.15, 0.2) is 5.76 Å². The second-order valence-corrected chi connectivity index (χ2v) is 5.63. The van der Waals surface area contributed by atoms with Crippen molar-refractivity contribution in [3.05, 3.63) is 59.4 Å². The van der Waals surface area contributed by atoms with Crippen molar-refractivity contribution in [2.24, 2.45) is 0 Å². The zero-order valence-corrected chi connectivity index (χ0v) is 14.0. The highest BCUT2D eigenvalue weighted by molar-refractivity contribution is 6.15. The molecule has 8 heteroatoms. The van der Waals surface area contributed by atoms with Crippen LogP contribution < -0.4 is 4.74 Å². The Morgan fingerprint density at radius 1 is 1.19 bits per heavy atom. The van der Waals surface area contributed by atoms with Crippen molar-refractivity contribution in [2.75, 3.05) is 6.61 Å². The summed E-state index contributed by atoms with van der Waals surface area (Å²) in [6, 6.07) is 6.63. The number of carbonyl (C=O) groups excluding carboxylic acids is 2. The van der Waals surface area contributed by atoms with Gasteiger partial charge in [-0.05, 0) is 30.7 Å². The SMILES string of the molecule is CCOC(=O)/C=C1\Oc2cc(O)c(-c3ccc(C(F)(F)F)cc3)cc2C1=O. The molecule has 140 valence electrons. The van der Waals surface area contributed by atoms with Gasteiger partial charge >= 0.3 is 12.1 Å². The van der Waals surface area contributed by atoms with Crippen LogP contribution >= 0.6 is 0 Å². The highest BCUT2D eigenvalue weighted by Gasteiger charge is 2.32. The lowest BCUT2D eigenvalue weighted by molar-refractivity contribution is -0.138. The van der Waals surface area contributed by atoms with Crippen LogP contribution in [0, 0.1) is 0 Å². The Kier molecular flexibility index (Phi) is 4.65. The smallest absolute Gasteiger partial charge is 0.416 e. The third-order valence-electron chi connectivity index (χ3n) is 3.85. The molecule has 0 atom stereocenters. The number of phenols is 1. The van der Waals surface area contributed by atoms with Crippen LogP contribution in [0.2, 0.25) is 0 Å². The summed E-state index contributed by atoms with van der Waals surface area (Å²) in [6.45, 7) is 1.74. The molecule has 0 radical (unpaired) electrons. The number of Topliss-reactive ketones (excluding diaryl/α,β-unsaturated/α-hetero) is 1. The van der Waals surface area contributed by atoms with Crippen LogP contribution in [0.5, 0.6) is 11.5 Å². The van der Waals surface area contributed by atoms with Crippen LogP contribution in [-0.2, 0) is 15.7 Å². The van der Waals surface area contributed by atoms with Crippen molar-refractivity contribution in [1.82, 2.24) is 0 Å². The number of ether oxygens (including phenoxy) is 2. The molecule has 0 spiro atoms. The predicted molar refractivity (Wildman–Crippen MR) is 88.2 cm³/mol. The van der Waals surface area contributed by atoms with E-state index in [2.05, 4.69) is 0 Å². The van der Waals surface area contributed by atoms with E-state index in [1.54, 1.807) is 6.92 Å². The van der Waals surface area contributed by atoms with Gasteiger partial charge < -0.3 is 14.6 Å². The second-order valence-electron chi connectivity index (χ2n) is 5.63. The highest BCUT2D eigenvalue weighted by Crippen LogP contribution is 2.41. The summed E-state index contributed by atoms with van der Waals surface area (Å²) in [5.41, 5.74) is -0.292. The first-order chi connectivity index (χ1) is 12.7. The van der Waals surface area contributed by atoms with Crippen molar-refractivity contribution < 1.29 is 37.3 Å². The van der Waals surface area contributed by atoms with Crippen LogP contribution in [0.25, 0.3) is 11.1 Å². The number of phenolic OH excluding ortho intramolecular Hbond substituents is 1. The number of carbonyl (C=O) groups is 2. The Morgan fingerprint density at radius 2 is 1.85 bits per heavy atom. The lowest BCUT2D eigenvalue weighted by atomic mass is 9.99. The van der Waals surface area contributed by atoms with E-state index in [1.807, 2.05) is 0 Å². The van der Waals surface area contributed by atoms with E-state index in [9.17, 15) is 27.9 Å². The average Bonchev–Trinajstić information content (AvgIpc) is 2.88. The topological polar surface area (TPSA) is 72.8 Å². The van der Waals surface area contributed by atoms with Crippen LogP contribution in [0.3, 0.4) is 0 Å². The summed E-state index contributed by atoms with van der Waals surface area (Å²) in [6.07, 6.45) is -3.57. The molecule has 0 aromatic heterocycles. The van der Waals surface area contributed by atoms with Gasteiger partial charge in [-0.3, -0.25) is 4.79 Å². The number of ketones is 1. The molecular weight excluding hydrogens is 365 g/mol. The van der Waals surface area contributed by atoms with Gasteiger partial charge in [-0.15, -0.1) is 0 Å². The summed E-state index contributed by atoms with van der Waals surface area (Å²) >= 11 is 0. The maximum Gasteiger partial charge on any atom is 0.416 e. The molecule has 3 rings (SSSR count). The van der Waals surface area contributed by atoms with Crippen molar-refractivity contribution in [2.45, 2.75) is 13.1 Å². The molecular formula is C19H13F3O5. The summed E-state index contributed by atoms with van der Waals surface area (Å²) in [5, 5.41) is 10.2. The Balaban J connectivity index is 1.96. The van der Waals surface area contributed by atoms with E-state index in [4.69, 9.17) is 9.47 Å². The van der Waals surface area contributed by atoms with Gasteiger partial charge in [0.1, 0.15) is 11.5 Å². The molecule has 2 aromatic rings. The minimum atomic E-state index is -4.48. The maximum atomic E-state index is 12.7. The Labute approximate surface area is 151 Å². The number of alkyl halides is 3. The Hall–Kier alpha value is -3.29. The van der Waals surface area contributed by atoms with Gasteiger partial charge in [-0.25, -0.2) is 4.79 Å². The molecule has 0 saturated heterocycles. The number of hydrogen-bond acceptors (Lipinski definition) is 5. The largest absolute Gasteiger partial charge is 0.507 e. The first-order valence-corrected chi connectivity index (χ1v) is 7.86. The molecule has 1 N–H and O–H groups in total. The average molecular weight is 378 g/mol. The van der Waals surface area contributed by atoms with Crippen LogP contribution in [0.4, 0.5) is 13.2 Å². The van der Waals surface area contributed by atoms with Crippen LogP contribution in [0.15, 0.2) is 48.2 Å². The molecule has 1 aliphatic rings. The van der Waals surface area contributed by atoms with E-state index in [-0.39, 0.29) is 35.0 Å². The Bertz CT molecular complexity index is 943. The van der Waals surface area contributed by atoms with Gasteiger partial charge in [-0.2, -0.15) is 13.2 Å². The zero-order valence-electron chi connectivity index (χ0n) is 14.0. The molecule has 0 aliphatic carbocycles. The first kappa shape index (κ1) is 18.5. The number of fused-ring (bicyclic) bond motifs is 1. The minimum absolute atomic E-state index is 0.0451. The van der Waals surface area contributed by atoms with Crippen LogP contribution in [-0.4, -0.2) is 23.5 Å². The molecule has 0 saturated carbocycles. The maximum absolute atomic E-state index is 12.7. The van der Waals surface area contributed by atoms with E-state index in [0.717, 1.165) is 18.2 Å². The Morgan fingerprint density at radius 3 is 2.44 bits per heavy atom. The van der Waals surface area contributed by atoms with Crippen molar-refractivity contribution in [1.29, 1.82) is 0 Å². The molecule has 0 fully saturated rings. The number of esters is 1. The normalized spacial score (nSPS) is 14.8. The van der Waals surface area contributed by atoms with E-state index in [0.29, 0.717) is 5.56 Å². The number of benzene rings is 2. The molecule has 5 nitrogen and oxygen atoms in total. The van der Waals surface area contributed by atoms with Crippen molar-refractivity contribution in [3.8, 4) is 22.6 Å². The molecule has 0 amide bonds. The molecule has 0 bridgehead atoms. The van der Waals surface area contributed by atoms with Gasteiger partial charge in [0.05, 0.1) is 23.8 Å². The van der Waals surface area contributed by atoms with E-state index >= 15 is 0 Å². The lowest BCUT2D eigenvalue weighted by Gasteiger charge is -2.09. The van der Waals surface area contributed by atoms with Crippen molar-refractivity contribution >= 4 is 11.8 Å². The van der Waals surface area contributed by atoms with Gasteiger partial charge in [-0.1, -0.05) is 12.1 Å². The van der Waals surface area contributed by atoms with Gasteiger partial charge in [0.25, 0.3) is 0 Å². The number of allylic oxidation sites excluding steroid dienone is 1. The summed E-state index contributed by atoms with van der Waals surface area (Å²) < 4.78 is 48.0. The van der Waals surface area contributed by atoms with Gasteiger partial charge in [0, 0.05) is 11.6 Å². The first-order valence-electron chi connectivity index (χ1n) is 7.86. The minimum Gasteiger partial charge on any atom is -0.507 e. The number of halogens is 3. The fourth-order valence-electron chi connectivity index (χ4n) is 2.58. The number of aromatic hydroxyl groups is 1. The van der Waals surface area contributed by atoms with Gasteiger partial charge in [0.2, 0.25) is 5.78 Å². The van der Waals surface area contributed by atoms with Crippen molar-refractivity contribution in [3.63, 3.8) is 0 Å². The number of hydrogen-bond donors (Lipinski definition) is 1. The molecule has 1 heterocycles. The summed E-state index contributed by atoms with van der Waals surface area (Å²) in [5.74, 6) is -1.83. The second kappa shape index (κ2) is 6.79. The monoisotopic (exact) mass is 378 g/mol. The molecule has 0 unspecified atom stereocenters. The van der Waals surface area contributed by atoms with E-state index in [1.165, 1.54) is 24.3 Å². The fourth-order valence-corrected chi connectivity index (χ4v) is 2.58. The fraction of sp³-hybridized carbons (Fsp3) is 0.158. The zero-order chi connectivity index (χ0) is 19.8. The lowest BCUT2D eigenvalue weighted by Crippen LogP contribution is -2.06. The predicted octanol–water partition coefficient (Wildman–Crippen LogP) is 4.10. The third-order valence-corrected chi connectivity index (χ3v) is 3.85. The number of rotatable bonds is 3. The highest BCUT2D eigenvalue weighted by atomic mass is 19.4. The summed E-state index contributed by atoms with van der Waals surface area (Å²) in [7, 11) is 0. The molecule has 1 aliphatic heterocycles. The molecule has 27 heavy (non-hydrogen) atoms.